The summed E-state index contributed by atoms with van der Waals surface area (Å²) in [6.45, 7) is 3.11. The lowest BCUT2D eigenvalue weighted by atomic mass is 9.92. The summed E-state index contributed by atoms with van der Waals surface area (Å²) in [5, 5.41) is 6.05. The Morgan fingerprint density at radius 3 is 2.70 bits per heavy atom. The number of nitrogens with zero attached hydrogens (tertiary/aromatic N) is 2. The van der Waals surface area contributed by atoms with Crippen LogP contribution in [0.2, 0.25) is 0 Å². The Balaban J connectivity index is 1.35. The number of aromatic nitrogens is 1. The second-order valence-electron chi connectivity index (χ2n) is 7.24. The molecule has 0 spiro atoms. The molecule has 2 aliphatic heterocycles. The number of nitrogens with one attached hydrogen (secondary N) is 2. The van der Waals surface area contributed by atoms with E-state index >= 15 is 0 Å². The normalized spacial score (nSPS) is 24.0. The molecular formula is C19H22N4O3S. The molecule has 1 aromatic heterocycles. The van der Waals surface area contributed by atoms with Gasteiger partial charge in [-0.3, -0.25) is 14.9 Å². The highest BCUT2D eigenvalue weighted by Crippen LogP contribution is 2.34. The van der Waals surface area contributed by atoms with E-state index in [1.165, 1.54) is 4.70 Å². The van der Waals surface area contributed by atoms with Crippen LogP contribution in [0.15, 0.2) is 24.3 Å². The predicted octanol–water partition coefficient (Wildman–Crippen LogP) is 2.24. The number of hydrogen-bond acceptors (Lipinski definition) is 5. The van der Waals surface area contributed by atoms with Crippen molar-refractivity contribution < 1.29 is 14.4 Å². The zero-order valence-electron chi connectivity index (χ0n) is 15.1. The fourth-order valence-corrected chi connectivity index (χ4v) is 4.94. The monoisotopic (exact) mass is 386 g/mol. The average Bonchev–Trinajstić information content (AvgIpc) is 3.09. The smallest absolute Gasteiger partial charge is 0.321 e. The molecule has 8 heteroatoms. The van der Waals surface area contributed by atoms with Crippen LogP contribution in [0.3, 0.4) is 0 Å². The molecule has 0 radical (unpaired) electrons. The van der Waals surface area contributed by atoms with Crippen LogP contribution >= 0.6 is 11.3 Å². The van der Waals surface area contributed by atoms with Gasteiger partial charge in [-0.2, -0.15) is 0 Å². The third kappa shape index (κ3) is 3.66. The average molecular weight is 386 g/mol. The highest BCUT2D eigenvalue weighted by atomic mass is 32.1. The Bertz CT molecular complexity index is 855. The van der Waals surface area contributed by atoms with E-state index in [0.29, 0.717) is 19.0 Å². The fraction of sp³-hybridized carbons (Fsp3) is 0.474. The first-order valence-electron chi connectivity index (χ1n) is 9.26. The van der Waals surface area contributed by atoms with E-state index in [9.17, 15) is 14.4 Å². The first-order chi connectivity index (χ1) is 13.0. The largest absolute Gasteiger partial charge is 0.343 e. The van der Waals surface area contributed by atoms with E-state index in [4.69, 9.17) is 4.98 Å². The van der Waals surface area contributed by atoms with Gasteiger partial charge in [-0.05, 0) is 31.9 Å². The first-order valence-corrected chi connectivity index (χ1v) is 10.1. The Labute approximate surface area is 161 Å². The number of imide groups is 1. The number of urea groups is 1. The molecule has 142 valence electrons. The van der Waals surface area contributed by atoms with Crippen LogP contribution in [0.1, 0.15) is 37.1 Å². The molecule has 2 N–H and O–H groups in total. The maximum absolute atomic E-state index is 12.6. The van der Waals surface area contributed by atoms with Gasteiger partial charge in [-0.1, -0.05) is 12.1 Å². The van der Waals surface area contributed by atoms with Gasteiger partial charge in [-0.15, -0.1) is 11.3 Å². The molecule has 4 rings (SSSR count). The summed E-state index contributed by atoms with van der Waals surface area (Å²) >= 11 is 1.74. The van der Waals surface area contributed by atoms with Crippen LogP contribution < -0.4 is 10.6 Å². The highest BCUT2D eigenvalue weighted by Gasteiger charge is 2.36. The molecule has 0 aliphatic carbocycles. The minimum atomic E-state index is -0.516. The van der Waals surface area contributed by atoms with Gasteiger partial charge >= 0.3 is 6.03 Å². The van der Waals surface area contributed by atoms with Crippen LogP contribution in [0.25, 0.3) is 10.2 Å². The van der Waals surface area contributed by atoms with Gasteiger partial charge in [0.15, 0.2) is 0 Å². The summed E-state index contributed by atoms with van der Waals surface area (Å²) in [5.41, 5.74) is 1.04. The van der Waals surface area contributed by atoms with Crippen molar-refractivity contribution >= 4 is 39.4 Å². The fourth-order valence-electron chi connectivity index (χ4n) is 3.80. The molecule has 2 atom stereocenters. The third-order valence-electron chi connectivity index (χ3n) is 5.44. The number of rotatable bonds is 3. The molecule has 4 amide bonds. The van der Waals surface area contributed by atoms with E-state index < -0.39 is 11.9 Å². The summed E-state index contributed by atoms with van der Waals surface area (Å²) in [5.74, 6) is -0.537. The maximum Gasteiger partial charge on any atom is 0.321 e. The van der Waals surface area contributed by atoms with Crippen LogP contribution in [-0.2, 0) is 9.59 Å². The topological polar surface area (TPSA) is 91.4 Å². The van der Waals surface area contributed by atoms with Gasteiger partial charge < -0.3 is 10.2 Å². The molecular weight excluding hydrogens is 364 g/mol. The Kier molecular flexibility index (Phi) is 4.82. The zero-order chi connectivity index (χ0) is 19.0. The number of fused-ring (bicyclic) bond motifs is 1. The van der Waals surface area contributed by atoms with Gasteiger partial charge in [0.05, 0.1) is 21.1 Å². The molecule has 0 bridgehead atoms. The summed E-state index contributed by atoms with van der Waals surface area (Å²) < 4.78 is 1.20. The second-order valence-corrected chi connectivity index (χ2v) is 8.30. The Hall–Kier alpha value is -2.48. The van der Waals surface area contributed by atoms with Crippen molar-refractivity contribution in [2.75, 3.05) is 13.1 Å². The summed E-state index contributed by atoms with van der Waals surface area (Å²) in [6.07, 6.45) is 1.89. The van der Waals surface area contributed by atoms with Gasteiger partial charge in [0.2, 0.25) is 11.8 Å². The molecule has 2 unspecified atom stereocenters. The van der Waals surface area contributed by atoms with E-state index in [1.54, 1.807) is 18.3 Å². The lowest BCUT2D eigenvalue weighted by Crippen LogP contribution is -2.58. The maximum atomic E-state index is 12.6. The molecule has 2 fully saturated rings. The minimum Gasteiger partial charge on any atom is -0.343 e. The Morgan fingerprint density at radius 2 is 2.00 bits per heavy atom. The Morgan fingerprint density at radius 1 is 1.26 bits per heavy atom. The molecule has 2 aromatic rings. The first kappa shape index (κ1) is 17.9. The van der Waals surface area contributed by atoms with Crippen LogP contribution in [0, 0.1) is 5.92 Å². The zero-order valence-corrected chi connectivity index (χ0v) is 15.9. The van der Waals surface area contributed by atoms with Gasteiger partial charge in [0.25, 0.3) is 0 Å². The van der Waals surface area contributed by atoms with E-state index in [0.717, 1.165) is 23.4 Å². The molecule has 27 heavy (non-hydrogen) atoms. The second kappa shape index (κ2) is 7.26. The van der Waals surface area contributed by atoms with E-state index in [-0.39, 0.29) is 24.3 Å². The van der Waals surface area contributed by atoms with Crippen molar-refractivity contribution in [3.05, 3.63) is 29.3 Å². The molecule has 0 saturated carbocycles. The van der Waals surface area contributed by atoms with E-state index in [1.807, 2.05) is 23.1 Å². The number of benzene rings is 1. The third-order valence-corrected chi connectivity index (χ3v) is 6.64. The van der Waals surface area contributed by atoms with Gasteiger partial charge in [-0.25, -0.2) is 9.78 Å². The SMILES string of the molecule is CC1NC(=O)NC(=O)C1CC(=O)N1CCC(c2nc3ccccc3s2)CC1. The highest BCUT2D eigenvalue weighted by molar-refractivity contribution is 7.18. The van der Waals surface area contributed by atoms with Crippen molar-refractivity contribution in [2.45, 2.75) is 38.1 Å². The number of carbonyl (C=O) groups excluding carboxylic acids is 3. The van der Waals surface area contributed by atoms with Crippen LogP contribution in [0.5, 0.6) is 0 Å². The lowest BCUT2D eigenvalue weighted by Gasteiger charge is -2.34. The van der Waals surface area contributed by atoms with Crippen molar-refractivity contribution in [2.24, 2.45) is 5.92 Å². The lowest BCUT2D eigenvalue weighted by molar-refractivity contribution is -0.137. The van der Waals surface area contributed by atoms with Gasteiger partial charge in [0, 0.05) is 31.5 Å². The summed E-state index contributed by atoms with van der Waals surface area (Å²) in [4.78, 5) is 42.5. The summed E-state index contributed by atoms with van der Waals surface area (Å²) in [7, 11) is 0. The number of likely N-dealkylation sites (tertiary alicyclic amines) is 1. The molecule has 7 nitrogen and oxygen atoms in total. The minimum absolute atomic E-state index is 0.0269. The molecule has 2 aliphatic rings. The standard InChI is InChI=1S/C19H22N4O3S/c1-11-13(17(25)22-19(26)20-11)10-16(24)23-8-6-12(7-9-23)18-21-14-4-2-3-5-15(14)27-18/h2-5,11-13H,6-10H2,1H3,(H2,20,22,25,26). The number of amides is 4. The van der Waals surface area contributed by atoms with Crippen molar-refractivity contribution in [1.82, 2.24) is 20.5 Å². The number of hydrogen-bond donors (Lipinski definition) is 2. The summed E-state index contributed by atoms with van der Waals surface area (Å²) in [6, 6.07) is 7.31. The van der Waals surface area contributed by atoms with Gasteiger partial charge in [0.1, 0.15) is 0 Å². The van der Waals surface area contributed by atoms with Crippen LogP contribution in [-0.4, -0.2) is 46.9 Å². The predicted molar refractivity (Wildman–Crippen MR) is 102 cm³/mol. The van der Waals surface area contributed by atoms with Crippen molar-refractivity contribution in [3.8, 4) is 0 Å². The number of para-hydroxylation sites is 1. The van der Waals surface area contributed by atoms with E-state index in [2.05, 4.69) is 16.7 Å². The number of thiazole rings is 1. The number of piperidine rings is 1. The number of carbonyl (C=O) groups is 3. The van der Waals surface area contributed by atoms with Crippen molar-refractivity contribution in [3.63, 3.8) is 0 Å². The molecule has 3 heterocycles. The van der Waals surface area contributed by atoms with Crippen molar-refractivity contribution in [1.29, 1.82) is 0 Å². The molecule has 2 saturated heterocycles. The molecule has 1 aromatic carbocycles. The quantitative estimate of drug-likeness (QED) is 0.846. The van der Waals surface area contributed by atoms with Crippen LogP contribution in [0.4, 0.5) is 4.79 Å².